The molecule has 8 heteroatoms. The van der Waals surface area contributed by atoms with E-state index in [1.807, 2.05) is 26.8 Å². The lowest BCUT2D eigenvalue weighted by Crippen LogP contribution is -2.14. The van der Waals surface area contributed by atoms with Crippen LogP contribution in [0.4, 0.5) is 5.69 Å². The molecule has 0 amide bonds. The van der Waals surface area contributed by atoms with Gasteiger partial charge in [-0.1, -0.05) is 45.1 Å². The van der Waals surface area contributed by atoms with Crippen LogP contribution in [0.2, 0.25) is 0 Å². The number of anilines is 1. The highest BCUT2D eigenvalue weighted by Crippen LogP contribution is 2.36. The van der Waals surface area contributed by atoms with Crippen LogP contribution in [0.25, 0.3) is 23.4 Å². The normalized spacial score (nSPS) is 12.3. The number of aromatic amines is 1. The Morgan fingerprint density at radius 1 is 1.10 bits per heavy atom. The molecule has 0 aliphatic rings. The van der Waals surface area contributed by atoms with Gasteiger partial charge in [0, 0.05) is 29.2 Å². The van der Waals surface area contributed by atoms with Crippen molar-refractivity contribution in [3.63, 3.8) is 0 Å². The molecule has 0 unspecified atom stereocenters. The van der Waals surface area contributed by atoms with E-state index in [1.165, 1.54) is 12.4 Å². The first-order valence-corrected chi connectivity index (χ1v) is 11.5. The van der Waals surface area contributed by atoms with Crippen LogP contribution in [-0.2, 0) is 15.4 Å². The van der Waals surface area contributed by atoms with Crippen LogP contribution in [0.5, 0.6) is 5.75 Å². The third kappa shape index (κ3) is 5.61. The highest BCUT2D eigenvalue weighted by Gasteiger charge is 2.20. The van der Waals surface area contributed by atoms with Crippen LogP contribution in [-0.4, -0.2) is 29.7 Å². The van der Waals surface area contributed by atoms with E-state index in [0.29, 0.717) is 16.8 Å². The van der Waals surface area contributed by atoms with Gasteiger partial charge in [-0.05, 0) is 40.8 Å². The third-order valence-corrected chi connectivity index (χ3v) is 5.24. The Hall–Kier alpha value is -3.39. The lowest BCUT2D eigenvalue weighted by molar-refractivity contribution is 0.474. The number of aromatic nitrogens is 2. The molecule has 0 atom stereocenters. The van der Waals surface area contributed by atoms with E-state index in [-0.39, 0.29) is 22.4 Å². The number of nitrogens with one attached hydrogen (secondary N) is 2. The number of hydrogen-bond acceptors (Lipinski definition) is 5. The van der Waals surface area contributed by atoms with Crippen molar-refractivity contribution in [2.45, 2.75) is 26.2 Å². The average Bonchev–Trinajstić information content (AvgIpc) is 2.67. The summed E-state index contributed by atoms with van der Waals surface area (Å²) in [6.45, 7) is 6.15. The molecule has 0 saturated heterocycles. The molecule has 3 rings (SSSR count). The van der Waals surface area contributed by atoms with Gasteiger partial charge < -0.3 is 10.1 Å². The van der Waals surface area contributed by atoms with Crippen LogP contribution in [0.15, 0.2) is 53.6 Å². The Bertz CT molecular complexity index is 1290. The van der Waals surface area contributed by atoms with Gasteiger partial charge in [-0.15, -0.1) is 0 Å². The fourth-order valence-corrected chi connectivity index (χ4v) is 3.57. The van der Waals surface area contributed by atoms with Gasteiger partial charge in [-0.25, -0.2) is 13.4 Å². The number of rotatable bonds is 5. The minimum absolute atomic E-state index is 0.0381. The van der Waals surface area contributed by atoms with Crippen LogP contribution < -0.4 is 10.3 Å². The monoisotopic (exact) mass is 439 g/mol. The topological polar surface area (TPSA) is 112 Å². The minimum atomic E-state index is -3.34. The smallest absolute Gasteiger partial charge is 0.274 e. The first-order chi connectivity index (χ1) is 14.4. The van der Waals surface area contributed by atoms with E-state index in [2.05, 4.69) is 14.7 Å². The predicted octanol–water partition coefficient (Wildman–Crippen LogP) is 3.98. The zero-order chi connectivity index (χ0) is 22.8. The number of nitrogens with zero attached hydrogens (tertiary/aromatic N) is 1. The molecule has 2 aromatic carbocycles. The first-order valence-electron chi connectivity index (χ1n) is 9.61. The summed E-state index contributed by atoms with van der Waals surface area (Å²) in [5.74, 6) is -0.0381. The van der Waals surface area contributed by atoms with Crippen molar-refractivity contribution in [3.05, 3.63) is 75.8 Å². The number of phenols is 1. The molecule has 0 spiro atoms. The average molecular weight is 440 g/mol. The van der Waals surface area contributed by atoms with Gasteiger partial charge in [0.05, 0.1) is 6.26 Å². The van der Waals surface area contributed by atoms with E-state index in [1.54, 1.807) is 42.5 Å². The van der Waals surface area contributed by atoms with Crippen LogP contribution in [0.1, 0.15) is 37.5 Å². The molecule has 0 aliphatic heterocycles. The van der Waals surface area contributed by atoms with Gasteiger partial charge in [0.25, 0.3) is 5.56 Å². The lowest BCUT2D eigenvalue weighted by Gasteiger charge is -2.21. The molecule has 162 valence electrons. The largest absolute Gasteiger partial charge is 0.507 e. The molecule has 3 aromatic rings. The van der Waals surface area contributed by atoms with E-state index in [9.17, 15) is 18.3 Å². The van der Waals surface area contributed by atoms with Gasteiger partial charge in [0.1, 0.15) is 11.4 Å². The number of benzene rings is 2. The summed E-state index contributed by atoms with van der Waals surface area (Å²) in [5.41, 5.74) is 2.69. The summed E-state index contributed by atoms with van der Waals surface area (Å²) in [7, 11) is -3.34. The molecule has 0 radical (unpaired) electrons. The van der Waals surface area contributed by atoms with Crippen molar-refractivity contribution >= 4 is 27.9 Å². The molecule has 3 N–H and O–H groups in total. The number of hydrogen-bond donors (Lipinski definition) is 3. The number of aromatic hydroxyl groups is 1. The molecular formula is C23H25N3O4S. The Morgan fingerprint density at radius 3 is 2.35 bits per heavy atom. The molecule has 0 fully saturated rings. The Kier molecular flexibility index (Phi) is 6.03. The van der Waals surface area contributed by atoms with Gasteiger partial charge in [0.15, 0.2) is 0 Å². The molecule has 0 aliphatic carbocycles. The van der Waals surface area contributed by atoms with E-state index >= 15 is 0 Å². The summed E-state index contributed by atoms with van der Waals surface area (Å²) in [6.07, 6.45) is 7.57. The molecule has 31 heavy (non-hydrogen) atoms. The third-order valence-electron chi connectivity index (χ3n) is 4.64. The number of phenolic OH excluding ortho intramolecular Hbond substituents is 1. The molecule has 0 saturated carbocycles. The molecule has 1 aromatic heterocycles. The van der Waals surface area contributed by atoms with Crippen molar-refractivity contribution in [1.82, 2.24) is 9.97 Å². The van der Waals surface area contributed by atoms with E-state index < -0.39 is 10.0 Å². The van der Waals surface area contributed by atoms with Crippen LogP contribution in [0.3, 0.4) is 0 Å². The quantitative estimate of drug-likeness (QED) is 0.521. The van der Waals surface area contributed by atoms with Gasteiger partial charge >= 0.3 is 0 Å². The highest BCUT2D eigenvalue weighted by atomic mass is 32.2. The van der Waals surface area contributed by atoms with E-state index in [4.69, 9.17) is 0 Å². The second-order valence-corrected chi connectivity index (χ2v) is 10.1. The maximum atomic E-state index is 12.3. The number of sulfonamides is 1. The summed E-state index contributed by atoms with van der Waals surface area (Å²) in [6, 6.07) is 10.5. The Morgan fingerprint density at radius 2 is 1.77 bits per heavy atom. The van der Waals surface area contributed by atoms with Crippen LogP contribution >= 0.6 is 0 Å². The zero-order valence-electron chi connectivity index (χ0n) is 17.8. The second kappa shape index (κ2) is 8.39. The van der Waals surface area contributed by atoms with Crippen molar-refractivity contribution in [1.29, 1.82) is 0 Å². The second-order valence-electron chi connectivity index (χ2n) is 8.31. The van der Waals surface area contributed by atoms with Gasteiger partial charge in [-0.2, -0.15) is 0 Å². The Balaban J connectivity index is 2.03. The summed E-state index contributed by atoms with van der Waals surface area (Å²) >= 11 is 0. The Labute approximate surface area is 181 Å². The summed E-state index contributed by atoms with van der Waals surface area (Å²) in [5, 5.41) is 10.9. The van der Waals surface area contributed by atoms with Crippen molar-refractivity contribution < 1.29 is 13.5 Å². The van der Waals surface area contributed by atoms with Crippen molar-refractivity contribution in [3.8, 4) is 17.0 Å². The van der Waals surface area contributed by atoms with Crippen molar-refractivity contribution in [2.24, 2.45) is 0 Å². The minimum Gasteiger partial charge on any atom is -0.507 e. The van der Waals surface area contributed by atoms with Crippen molar-refractivity contribution in [2.75, 3.05) is 11.0 Å². The fraction of sp³-hybridized carbons (Fsp3) is 0.217. The summed E-state index contributed by atoms with van der Waals surface area (Å²) < 4.78 is 25.1. The molecule has 0 bridgehead atoms. The summed E-state index contributed by atoms with van der Waals surface area (Å²) in [4.78, 5) is 19.0. The molecular weight excluding hydrogens is 414 g/mol. The predicted molar refractivity (Wildman–Crippen MR) is 124 cm³/mol. The SMILES string of the molecule is CC(C)(C)c1cc(C=Cc2ccc(NS(C)(=O)=O)cc2)c(O)c(-c2ncc[nH]c2=O)c1. The first kappa shape index (κ1) is 22.3. The van der Waals surface area contributed by atoms with Gasteiger partial charge in [0.2, 0.25) is 10.0 Å². The highest BCUT2D eigenvalue weighted by molar-refractivity contribution is 7.92. The molecule has 7 nitrogen and oxygen atoms in total. The standard InChI is InChI=1S/C23H25N3O4S/c1-23(2,3)17-13-16(21(27)19(14-17)20-22(28)25-12-11-24-20)8-5-15-6-9-18(10-7-15)26-31(4,29)30/h5-14,26-27H,1-4H3,(H,25,28). The molecule has 1 heterocycles. The maximum absolute atomic E-state index is 12.3. The van der Waals surface area contributed by atoms with Gasteiger partial charge in [-0.3, -0.25) is 9.52 Å². The fourth-order valence-electron chi connectivity index (χ4n) is 3.00. The maximum Gasteiger partial charge on any atom is 0.274 e. The lowest BCUT2D eigenvalue weighted by atomic mass is 9.84. The zero-order valence-corrected chi connectivity index (χ0v) is 18.6. The van der Waals surface area contributed by atoms with Crippen LogP contribution in [0, 0.1) is 0 Å². The van der Waals surface area contributed by atoms with E-state index in [0.717, 1.165) is 17.4 Å². The number of H-pyrrole nitrogens is 1.